The number of esters is 1. The first-order chi connectivity index (χ1) is 13.5. The summed E-state index contributed by atoms with van der Waals surface area (Å²) in [5, 5.41) is 13.1. The minimum atomic E-state index is -0.756. The van der Waals surface area contributed by atoms with Crippen molar-refractivity contribution in [3.8, 4) is 0 Å². The lowest BCUT2D eigenvalue weighted by molar-refractivity contribution is -0.384. The number of carbonyl (C=O) groups excluding carboxylic acids is 2. The molecule has 0 bridgehead atoms. The van der Waals surface area contributed by atoms with Crippen molar-refractivity contribution in [1.29, 1.82) is 0 Å². The number of nitro groups is 1. The lowest BCUT2D eigenvalue weighted by Crippen LogP contribution is -2.30. The van der Waals surface area contributed by atoms with Gasteiger partial charge >= 0.3 is 5.97 Å². The van der Waals surface area contributed by atoms with Crippen molar-refractivity contribution in [2.45, 2.75) is 13.1 Å². The molecule has 144 valence electrons. The first-order valence-corrected chi connectivity index (χ1v) is 9.07. The smallest absolute Gasteiger partial charge is 0.338 e. The summed E-state index contributed by atoms with van der Waals surface area (Å²) in [5.74, 6) is -0.643. The molecule has 0 N–H and O–H groups in total. The highest BCUT2D eigenvalue weighted by molar-refractivity contribution is 7.09. The molecular formula is C19H16N2O6S. The van der Waals surface area contributed by atoms with Crippen molar-refractivity contribution < 1.29 is 23.7 Å². The van der Waals surface area contributed by atoms with E-state index in [1.807, 2.05) is 17.5 Å². The fourth-order valence-corrected chi connectivity index (χ4v) is 3.36. The number of thiophene rings is 1. The lowest BCUT2D eigenvalue weighted by Gasteiger charge is -2.21. The Balaban J connectivity index is 1.97. The Bertz CT molecular complexity index is 946. The van der Waals surface area contributed by atoms with Gasteiger partial charge in [0.2, 0.25) is 0 Å². The zero-order chi connectivity index (χ0) is 20.1. The van der Waals surface area contributed by atoms with Crippen molar-refractivity contribution >= 4 is 28.9 Å². The topological polar surface area (TPSA) is 103 Å². The number of benzene rings is 1. The van der Waals surface area contributed by atoms with E-state index < -0.39 is 16.8 Å². The molecule has 3 aromatic rings. The lowest BCUT2D eigenvalue weighted by atomic mass is 10.1. The number of nitrogens with zero attached hydrogens (tertiary/aromatic N) is 2. The number of amides is 1. The van der Waals surface area contributed by atoms with Gasteiger partial charge in [-0.1, -0.05) is 6.07 Å². The average Bonchev–Trinajstić information content (AvgIpc) is 3.40. The third-order valence-corrected chi connectivity index (χ3v) is 4.80. The first-order valence-electron chi connectivity index (χ1n) is 8.19. The summed E-state index contributed by atoms with van der Waals surface area (Å²) in [6.07, 6.45) is 1.51. The van der Waals surface area contributed by atoms with Gasteiger partial charge in [0.25, 0.3) is 11.6 Å². The number of nitro benzene ring substituents is 1. The van der Waals surface area contributed by atoms with E-state index in [0.717, 1.165) is 17.0 Å². The summed E-state index contributed by atoms with van der Waals surface area (Å²) >= 11 is 1.49. The number of ether oxygens (including phenoxy) is 1. The van der Waals surface area contributed by atoms with Crippen LogP contribution in [0.4, 0.5) is 5.69 Å². The molecule has 3 rings (SSSR count). The molecule has 9 heteroatoms. The number of methoxy groups -OCH3 is 1. The van der Waals surface area contributed by atoms with Crippen molar-refractivity contribution in [3.63, 3.8) is 0 Å². The number of rotatable bonds is 7. The van der Waals surface area contributed by atoms with Crippen molar-refractivity contribution in [2.24, 2.45) is 0 Å². The molecule has 0 spiro atoms. The Morgan fingerprint density at radius 3 is 2.57 bits per heavy atom. The SMILES string of the molecule is COC(=O)c1cc(C(=O)N(Cc2ccco2)Cc2cccs2)cc([N+](=O)[O-])c1. The second kappa shape index (κ2) is 8.49. The van der Waals surface area contributed by atoms with Crippen LogP contribution in [0.15, 0.2) is 58.5 Å². The molecule has 2 heterocycles. The van der Waals surface area contributed by atoms with Crippen LogP contribution < -0.4 is 0 Å². The van der Waals surface area contributed by atoms with E-state index in [1.165, 1.54) is 35.7 Å². The number of hydrogen-bond donors (Lipinski definition) is 0. The van der Waals surface area contributed by atoms with Crippen LogP contribution in [0, 0.1) is 10.1 Å². The normalized spacial score (nSPS) is 10.5. The first kappa shape index (κ1) is 19.3. The molecule has 0 saturated heterocycles. The Morgan fingerprint density at radius 1 is 1.18 bits per heavy atom. The van der Waals surface area contributed by atoms with E-state index in [4.69, 9.17) is 4.42 Å². The van der Waals surface area contributed by atoms with Gasteiger partial charge in [0.05, 0.1) is 36.9 Å². The molecule has 0 aliphatic heterocycles. The van der Waals surface area contributed by atoms with Gasteiger partial charge in [0.1, 0.15) is 5.76 Å². The third kappa shape index (κ3) is 4.44. The maximum atomic E-state index is 13.1. The van der Waals surface area contributed by atoms with Gasteiger partial charge in [-0.3, -0.25) is 14.9 Å². The summed E-state index contributed by atoms with van der Waals surface area (Å²) in [7, 11) is 1.17. The highest BCUT2D eigenvalue weighted by Gasteiger charge is 2.23. The molecule has 1 amide bonds. The van der Waals surface area contributed by atoms with Crippen molar-refractivity contribution in [3.05, 3.63) is 86.0 Å². The molecule has 0 saturated carbocycles. The van der Waals surface area contributed by atoms with E-state index in [-0.39, 0.29) is 23.4 Å². The minimum absolute atomic E-state index is 0.0257. The largest absolute Gasteiger partial charge is 0.467 e. The third-order valence-electron chi connectivity index (χ3n) is 3.94. The summed E-state index contributed by atoms with van der Waals surface area (Å²) in [4.78, 5) is 38.0. The van der Waals surface area contributed by atoms with E-state index in [2.05, 4.69) is 4.74 Å². The Hall–Kier alpha value is -3.46. The molecule has 0 atom stereocenters. The van der Waals surface area contributed by atoms with E-state index in [1.54, 1.807) is 12.1 Å². The van der Waals surface area contributed by atoms with Crippen LogP contribution in [-0.2, 0) is 17.8 Å². The summed E-state index contributed by atoms with van der Waals surface area (Å²) < 4.78 is 9.97. The Kier molecular flexibility index (Phi) is 5.85. The maximum absolute atomic E-state index is 13.1. The highest BCUT2D eigenvalue weighted by atomic mass is 32.1. The molecule has 0 fully saturated rings. The summed E-state index contributed by atoms with van der Waals surface area (Å²) in [6, 6.07) is 10.7. The van der Waals surface area contributed by atoms with Gasteiger partial charge in [-0.2, -0.15) is 0 Å². The van der Waals surface area contributed by atoms with E-state index >= 15 is 0 Å². The molecule has 0 unspecified atom stereocenters. The monoisotopic (exact) mass is 400 g/mol. The number of hydrogen-bond acceptors (Lipinski definition) is 7. The van der Waals surface area contributed by atoms with Gasteiger partial charge in [-0.25, -0.2) is 4.79 Å². The highest BCUT2D eigenvalue weighted by Crippen LogP contribution is 2.22. The van der Waals surface area contributed by atoms with E-state index in [0.29, 0.717) is 12.3 Å². The fourth-order valence-electron chi connectivity index (χ4n) is 2.64. The number of carbonyl (C=O) groups is 2. The predicted octanol–water partition coefficient (Wildman–Crippen LogP) is 3.88. The zero-order valence-electron chi connectivity index (χ0n) is 14.9. The average molecular weight is 400 g/mol. The molecule has 0 aliphatic carbocycles. The molecule has 28 heavy (non-hydrogen) atoms. The summed E-state index contributed by atoms with van der Waals surface area (Å²) in [5.41, 5.74) is -0.396. The van der Waals surface area contributed by atoms with Gasteiger partial charge in [0.15, 0.2) is 0 Å². The zero-order valence-corrected chi connectivity index (χ0v) is 15.7. The van der Waals surface area contributed by atoms with Crippen LogP contribution in [0.3, 0.4) is 0 Å². The summed E-state index contributed by atoms with van der Waals surface area (Å²) in [6.45, 7) is 0.480. The van der Waals surface area contributed by atoms with E-state index in [9.17, 15) is 19.7 Å². The second-order valence-electron chi connectivity index (χ2n) is 5.84. The second-order valence-corrected chi connectivity index (χ2v) is 6.87. The molecule has 0 aliphatic rings. The standard InChI is InChI=1S/C19H16N2O6S/c1-26-19(23)14-8-13(9-15(10-14)21(24)25)18(22)20(11-16-4-2-6-27-16)12-17-5-3-7-28-17/h2-10H,11-12H2,1H3. The molecule has 0 radical (unpaired) electrons. The van der Waals surface area contributed by atoms with Gasteiger partial charge in [0, 0.05) is 22.6 Å². The van der Waals surface area contributed by atoms with Gasteiger partial charge in [-0.15, -0.1) is 11.3 Å². The molecule has 8 nitrogen and oxygen atoms in total. The van der Waals surface area contributed by atoms with Crippen LogP contribution in [0.2, 0.25) is 0 Å². The molecule has 1 aromatic carbocycles. The predicted molar refractivity (Wildman–Crippen MR) is 101 cm³/mol. The number of non-ortho nitro benzene ring substituents is 1. The van der Waals surface area contributed by atoms with Crippen molar-refractivity contribution in [1.82, 2.24) is 4.90 Å². The quantitative estimate of drug-likeness (QED) is 0.339. The van der Waals surface area contributed by atoms with Crippen LogP contribution in [0.5, 0.6) is 0 Å². The Labute approximate surface area is 164 Å². The minimum Gasteiger partial charge on any atom is -0.467 e. The van der Waals surface area contributed by atoms with Crippen LogP contribution in [0.1, 0.15) is 31.4 Å². The maximum Gasteiger partial charge on any atom is 0.338 e. The Morgan fingerprint density at radius 2 is 1.96 bits per heavy atom. The van der Waals surface area contributed by atoms with Crippen molar-refractivity contribution in [2.75, 3.05) is 7.11 Å². The van der Waals surface area contributed by atoms with Crippen LogP contribution in [-0.4, -0.2) is 28.8 Å². The van der Waals surface area contributed by atoms with Gasteiger partial charge < -0.3 is 14.1 Å². The van der Waals surface area contributed by atoms with Crippen LogP contribution >= 0.6 is 11.3 Å². The molecule has 2 aromatic heterocycles. The molecular weight excluding hydrogens is 384 g/mol. The van der Waals surface area contributed by atoms with Crippen LogP contribution in [0.25, 0.3) is 0 Å². The van der Waals surface area contributed by atoms with Gasteiger partial charge in [-0.05, 0) is 29.6 Å². The fraction of sp³-hybridized carbons (Fsp3) is 0.158. The number of furan rings is 1.